The first-order valence-electron chi connectivity index (χ1n) is 12.5. The number of alkyl carbamates (subject to hydrolysis) is 1. The second kappa shape index (κ2) is 9.02. The number of nitrogens with zero attached hydrogens (tertiary/aromatic N) is 1. The van der Waals surface area contributed by atoms with Gasteiger partial charge in [0.25, 0.3) is 0 Å². The number of rotatable bonds is 7. The molecule has 2 N–H and O–H groups in total. The normalized spacial score (nSPS) is 23.2. The van der Waals surface area contributed by atoms with Crippen LogP contribution < -0.4 is 5.32 Å². The number of aliphatic carboxylic acids is 1. The van der Waals surface area contributed by atoms with Gasteiger partial charge in [0.15, 0.2) is 0 Å². The first-order valence-corrected chi connectivity index (χ1v) is 12.5. The molecule has 0 aromatic heterocycles. The van der Waals surface area contributed by atoms with E-state index in [-0.39, 0.29) is 30.3 Å². The van der Waals surface area contributed by atoms with Gasteiger partial charge in [0.2, 0.25) is 5.91 Å². The van der Waals surface area contributed by atoms with Crippen LogP contribution in [0.2, 0.25) is 0 Å². The average Bonchev–Trinajstić information content (AvgIpc) is 3.53. The van der Waals surface area contributed by atoms with Crippen LogP contribution in [0.3, 0.4) is 0 Å². The molecule has 3 unspecified atom stereocenters. The minimum absolute atomic E-state index is 0.00635. The maximum absolute atomic E-state index is 13.5. The van der Waals surface area contributed by atoms with Crippen molar-refractivity contribution in [2.75, 3.05) is 13.2 Å². The highest BCUT2D eigenvalue weighted by atomic mass is 16.5. The molecule has 0 bridgehead atoms. The summed E-state index contributed by atoms with van der Waals surface area (Å²) in [5.41, 5.74) is 3.43. The van der Waals surface area contributed by atoms with Gasteiger partial charge in [0.1, 0.15) is 18.2 Å². The van der Waals surface area contributed by atoms with E-state index in [4.69, 9.17) is 4.74 Å². The molecule has 1 aliphatic heterocycles. The SMILES string of the molecule is CC(C)CC(NC(=O)OCC1c2ccccc2-c2ccccc21)C(=O)N1CCCC2CC21C(=O)O. The zero-order valence-electron chi connectivity index (χ0n) is 20.2. The van der Waals surface area contributed by atoms with Crippen molar-refractivity contribution in [1.82, 2.24) is 10.2 Å². The Kier molecular flexibility index (Phi) is 6.03. The zero-order chi connectivity index (χ0) is 24.7. The van der Waals surface area contributed by atoms with E-state index in [0.717, 1.165) is 35.1 Å². The van der Waals surface area contributed by atoms with Crippen LogP contribution in [0.1, 0.15) is 56.6 Å². The Balaban J connectivity index is 1.29. The third-order valence-corrected chi connectivity index (χ3v) is 7.77. The molecule has 2 fully saturated rings. The van der Waals surface area contributed by atoms with Crippen molar-refractivity contribution in [2.45, 2.75) is 57.0 Å². The lowest BCUT2D eigenvalue weighted by Crippen LogP contribution is -2.57. The predicted molar refractivity (Wildman–Crippen MR) is 131 cm³/mol. The Morgan fingerprint density at radius 1 is 1.09 bits per heavy atom. The molecule has 1 heterocycles. The summed E-state index contributed by atoms with van der Waals surface area (Å²) in [6.07, 6.45) is 1.86. The molecule has 2 aromatic rings. The number of nitrogens with one attached hydrogen (secondary N) is 1. The number of hydrogen-bond donors (Lipinski definition) is 2. The van der Waals surface area contributed by atoms with Crippen molar-refractivity contribution in [1.29, 1.82) is 0 Å². The fourth-order valence-electron chi connectivity index (χ4n) is 6.03. The van der Waals surface area contributed by atoms with Crippen LogP contribution in [0, 0.1) is 11.8 Å². The summed E-state index contributed by atoms with van der Waals surface area (Å²) in [7, 11) is 0. The number of carboxylic acid groups (broad SMARTS) is 1. The number of ether oxygens (including phenoxy) is 1. The van der Waals surface area contributed by atoms with E-state index >= 15 is 0 Å². The highest BCUT2D eigenvalue weighted by Gasteiger charge is 2.67. The summed E-state index contributed by atoms with van der Waals surface area (Å²) in [6.45, 7) is 4.52. The van der Waals surface area contributed by atoms with Crippen molar-refractivity contribution >= 4 is 18.0 Å². The topological polar surface area (TPSA) is 95.9 Å². The highest BCUT2D eigenvalue weighted by molar-refractivity contribution is 5.94. The van der Waals surface area contributed by atoms with Crippen molar-refractivity contribution < 1.29 is 24.2 Å². The van der Waals surface area contributed by atoms with Crippen LogP contribution in [0.4, 0.5) is 4.79 Å². The van der Waals surface area contributed by atoms with Crippen LogP contribution in [0.15, 0.2) is 48.5 Å². The van der Waals surface area contributed by atoms with Crippen molar-refractivity contribution in [3.05, 3.63) is 59.7 Å². The first kappa shape index (κ1) is 23.4. The third-order valence-electron chi connectivity index (χ3n) is 7.77. The maximum Gasteiger partial charge on any atom is 0.407 e. The van der Waals surface area contributed by atoms with E-state index in [1.54, 1.807) is 0 Å². The van der Waals surface area contributed by atoms with Crippen LogP contribution in [-0.4, -0.2) is 52.7 Å². The Labute approximate surface area is 205 Å². The number of carbonyl (C=O) groups is 3. The molecule has 2 aliphatic carbocycles. The zero-order valence-corrected chi connectivity index (χ0v) is 20.2. The van der Waals surface area contributed by atoms with Crippen molar-refractivity contribution in [2.24, 2.45) is 11.8 Å². The second-order valence-electron chi connectivity index (χ2n) is 10.4. The van der Waals surface area contributed by atoms with Crippen LogP contribution in [0.25, 0.3) is 11.1 Å². The number of hydrogen-bond acceptors (Lipinski definition) is 4. The molecule has 3 atom stereocenters. The molecule has 2 aromatic carbocycles. The average molecular weight is 477 g/mol. The molecular weight excluding hydrogens is 444 g/mol. The predicted octanol–water partition coefficient (Wildman–Crippen LogP) is 4.41. The molecule has 1 saturated heterocycles. The monoisotopic (exact) mass is 476 g/mol. The molecule has 0 spiro atoms. The number of piperidine rings is 1. The van der Waals surface area contributed by atoms with Gasteiger partial charge in [0.05, 0.1) is 0 Å². The molecule has 35 heavy (non-hydrogen) atoms. The van der Waals surface area contributed by atoms with Crippen LogP contribution in [0.5, 0.6) is 0 Å². The molecule has 184 valence electrons. The Bertz CT molecular complexity index is 1120. The molecule has 2 amide bonds. The van der Waals surface area contributed by atoms with Gasteiger partial charge in [-0.2, -0.15) is 0 Å². The van der Waals surface area contributed by atoms with Gasteiger partial charge in [-0.1, -0.05) is 62.4 Å². The van der Waals surface area contributed by atoms with Gasteiger partial charge in [-0.15, -0.1) is 0 Å². The minimum Gasteiger partial charge on any atom is -0.479 e. The molecule has 3 aliphatic rings. The smallest absolute Gasteiger partial charge is 0.407 e. The highest BCUT2D eigenvalue weighted by Crippen LogP contribution is 2.54. The number of likely N-dealkylation sites (tertiary alicyclic amines) is 1. The quantitative estimate of drug-likeness (QED) is 0.617. The van der Waals surface area contributed by atoms with Gasteiger partial charge >= 0.3 is 12.1 Å². The Morgan fingerprint density at radius 2 is 1.71 bits per heavy atom. The second-order valence-corrected chi connectivity index (χ2v) is 10.4. The molecule has 0 radical (unpaired) electrons. The van der Waals surface area contributed by atoms with Crippen molar-refractivity contribution in [3.8, 4) is 11.1 Å². The number of amides is 2. The summed E-state index contributed by atoms with van der Waals surface area (Å²) < 4.78 is 5.66. The molecule has 5 rings (SSSR count). The lowest BCUT2D eigenvalue weighted by Gasteiger charge is -2.36. The minimum atomic E-state index is -1.10. The summed E-state index contributed by atoms with van der Waals surface area (Å²) in [4.78, 5) is 39.9. The van der Waals surface area contributed by atoms with Crippen LogP contribution >= 0.6 is 0 Å². The Hall–Kier alpha value is -3.35. The number of benzene rings is 2. The summed E-state index contributed by atoms with van der Waals surface area (Å²) in [6, 6.07) is 15.4. The first-order chi connectivity index (χ1) is 16.8. The Morgan fingerprint density at radius 3 is 2.31 bits per heavy atom. The standard InChI is InChI=1S/C28H32N2O5/c1-17(2)14-24(25(31)30-13-7-8-18-15-28(18,30)26(32)33)29-27(34)35-16-23-21-11-5-3-9-19(21)20-10-4-6-12-22(20)23/h3-6,9-12,17-18,23-24H,7-8,13-16H2,1-2H3,(H,29,34)(H,32,33). The van der Waals surface area contributed by atoms with E-state index < -0.39 is 23.6 Å². The lowest BCUT2D eigenvalue weighted by molar-refractivity contribution is -0.155. The van der Waals surface area contributed by atoms with E-state index in [1.165, 1.54) is 4.90 Å². The van der Waals surface area contributed by atoms with Gasteiger partial charge in [-0.25, -0.2) is 9.59 Å². The van der Waals surface area contributed by atoms with E-state index in [1.807, 2.05) is 38.1 Å². The van der Waals surface area contributed by atoms with E-state index in [2.05, 4.69) is 29.6 Å². The van der Waals surface area contributed by atoms with Crippen LogP contribution in [-0.2, 0) is 14.3 Å². The number of carbonyl (C=O) groups excluding carboxylic acids is 2. The fraction of sp³-hybridized carbons (Fsp3) is 0.464. The van der Waals surface area contributed by atoms with Gasteiger partial charge < -0.3 is 20.1 Å². The van der Waals surface area contributed by atoms with E-state index in [0.29, 0.717) is 19.4 Å². The fourth-order valence-corrected chi connectivity index (χ4v) is 6.03. The molecule has 7 heteroatoms. The number of fused-ring (bicyclic) bond motifs is 4. The van der Waals surface area contributed by atoms with Gasteiger partial charge in [-0.05, 0) is 59.8 Å². The maximum atomic E-state index is 13.5. The molecule has 7 nitrogen and oxygen atoms in total. The lowest BCUT2D eigenvalue weighted by atomic mass is 9.97. The third kappa shape index (κ3) is 4.07. The summed E-state index contributed by atoms with van der Waals surface area (Å²) >= 11 is 0. The molecular formula is C28H32N2O5. The summed E-state index contributed by atoms with van der Waals surface area (Å²) in [5, 5.41) is 12.6. The number of carboxylic acids is 1. The van der Waals surface area contributed by atoms with Gasteiger partial charge in [-0.3, -0.25) is 4.79 Å². The van der Waals surface area contributed by atoms with E-state index in [9.17, 15) is 19.5 Å². The van der Waals surface area contributed by atoms with Gasteiger partial charge in [0, 0.05) is 12.5 Å². The molecule has 1 saturated carbocycles. The largest absolute Gasteiger partial charge is 0.479 e. The van der Waals surface area contributed by atoms with Crippen molar-refractivity contribution in [3.63, 3.8) is 0 Å². The summed E-state index contributed by atoms with van der Waals surface area (Å²) in [5.74, 6) is -1.20.